The summed E-state index contributed by atoms with van der Waals surface area (Å²) in [5, 5.41) is 9.50. The van der Waals surface area contributed by atoms with Gasteiger partial charge in [0, 0.05) is 12.8 Å². The van der Waals surface area contributed by atoms with E-state index in [-0.39, 0.29) is 25.2 Å². The van der Waals surface area contributed by atoms with Gasteiger partial charge in [0.25, 0.3) is 0 Å². The first-order chi connectivity index (χ1) is 21.6. The topological polar surface area (TPSA) is 72.8 Å². The average Bonchev–Trinajstić information content (AvgIpc) is 3.02. The maximum absolute atomic E-state index is 12.1. The van der Waals surface area contributed by atoms with Crippen molar-refractivity contribution in [3.63, 3.8) is 0 Å². The summed E-state index contributed by atoms with van der Waals surface area (Å²) >= 11 is 0. The third-order valence-electron chi connectivity index (χ3n) is 7.28. The van der Waals surface area contributed by atoms with Gasteiger partial charge >= 0.3 is 11.9 Å². The fourth-order valence-electron chi connectivity index (χ4n) is 4.52. The first-order valence-electron chi connectivity index (χ1n) is 17.8. The van der Waals surface area contributed by atoms with Gasteiger partial charge in [-0.3, -0.25) is 9.59 Å². The van der Waals surface area contributed by atoms with Gasteiger partial charge in [0.2, 0.25) is 0 Å². The molecule has 0 unspecified atom stereocenters. The van der Waals surface area contributed by atoms with E-state index < -0.39 is 6.10 Å². The molecule has 0 aliphatic carbocycles. The van der Waals surface area contributed by atoms with E-state index in [1.807, 2.05) is 0 Å². The Balaban J connectivity index is 3.68. The van der Waals surface area contributed by atoms with Gasteiger partial charge in [-0.05, 0) is 77.0 Å². The van der Waals surface area contributed by atoms with Crippen molar-refractivity contribution >= 4 is 11.9 Å². The predicted molar refractivity (Wildman–Crippen MR) is 187 cm³/mol. The number of rotatable bonds is 31. The largest absolute Gasteiger partial charge is 0.462 e. The van der Waals surface area contributed by atoms with Crippen LogP contribution >= 0.6 is 0 Å². The Labute approximate surface area is 271 Å². The molecule has 44 heavy (non-hydrogen) atoms. The Morgan fingerprint density at radius 3 is 1.48 bits per heavy atom. The number of carbonyl (C=O) groups excluding carboxylic acids is 2. The van der Waals surface area contributed by atoms with E-state index in [2.05, 4.69) is 74.6 Å². The van der Waals surface area contributed by atoms with Gasteiger partial charge < -0.3 is 14.6 Å². The molecule has 0 aromatic rings. The molecular formula is C39H66O5. The second-order valence-electron chi connectivity index (χ2n) is 11.6. The van der Waals surface area contributed by atoms with E-state index in [9.17, 15) is 14.7 Å². The predicted octanol–water partition coefficient (Wildman–Crippen LogP) is 10.8. The molecule has 0 aromatic heterocycles. The quantitative estimate of drug-likeness (QED) is 0.0478. The number of allylic oxidation sites excluding steroid dienone is 10. The molecule has 252 valence electrons. The minimum Gasteiger partial charge on any atom is -0.462 e. The number of hydrogen-bond acceptors (Lipinski definition) is 5. The van der Waals surface area contributed by atoms with E-state index in [1.54, 1.807) is 0 Å². The number of esters is 2. The van der Waals surface area contributed by atoms with Crippen molar-refractivity contribution in [2.24, 2.45) is 0 Å². The van der Waals surface area contributed by atoms with Crippen molar-refractivity contribution in [3.05, 3.63) is 60.8 Å². The normalized spacial score (nSPS) is 12.9. The van der Waals surface area contributed by atoms with Crippen LogP contribution in [0.25, 0.3) is 0 Å². The molecule has 0 rings (SSSR count). The number of unbranched alkanes of at least 4 members (excludes halogenated alkanes) is 13. The maximum atomic E-state index is 12.1. The molecule has 5 nitrogen and oxygen atoms in total. The van der Waals surface area contributed by atoms with Crippen LogP contribution in [0.1, 0.15) is 155 Å². The molecular weight excluding hydrogens is 548 g/mol. The first kappa shape index (κ1) is 41.6. The second kappa shape index (κ2) is 35.1. The molecule has 0 aliphatic heterocycles. The summed E-state index contributed by atoms with van der Waals surface area (Å²) in [6.07, 6.45) is 44.2. The van der Waals surface area contributed by atoms with E-state index in [0.717, 1.165) is 70.6 Å². The summed E-state index contributed by atoms with van der Waals surface area (Å²) in [5.41, 5.74) is 0. The van der Waals surface area contributed by atoms with Crippen LogP contribution in [0.15, 0.2) is 60.8 Å². The van der Waals surface area contributed by atoms with E-state index in [0.29, 0.717) is 12.8 Å². The smallest absolute Gasteiger partial charge is 0.306 e. The Bertz CT molecular complexity index is 792. The number of ether oxygens (including phenoxy) is 2. The molecule has 0 aliphatic rings. The fourth-order valence-corrected chi connectivity index (χ4v) is 4.52. The molecule has 0 saturated carbocycles. The third kappa shape index (κ3) is 32.5. The van der Waals surface area contributed by atoms with Crippen LogP contribution in [0, 0.1) is 0 Å². The van der Waals surface area contributed by atoms with Gasteiger partial charge in [-0.1, -0.05) is 126 Å². The summed E-state index contributed by atoms with van der Waals surface area (Å²) in [7, 11) is 0. The van der Waals surface area contributed by atoms with E-state index in [4.69, 9.17) is 9.47 Å². The lowest BCUT2D eigenvalue weighted by molar-refractivity contribution is -0.161. The van der Waals surface area contributed by atoms with Gasteiger partial charge in [-0.15, -0.1) is 0 Å². The van der Waals surface area contributed by atoms with Crippen molar-refractivity contribution < 1.29 is 24.2 Å². The number of aliphatic hydroxyl groups is 1. The molecule has 5 heteroatoms. The van der Waals surface area contributed by atoms with E-state index in [1.165, 1.54) is 57.8 Å². The fraction of sp³-hybridized carbons (Fsp3) is 0.692. The van der Waals surface area contributed by atoms with Crippen molar-refractivity contribution in [1.29, 1.82) is 0 Å². The summed E-state index contributed by atoms with van der Waals surface area (Å²) in [5.74, 6) is -0.645. The van der Waals surface area contributed by atoms with Gasteiger partial charge in [-0.2, -0.15) is 0 Å². The molecule has 0 heterocycles. The highest BCUT2D eigenvalue weighted by atomic mass is 16.6. The van der Waals surface area contributed by atoms with Gasteiger partial charge in [0.05, 0.1) is 6.61 Å². The average molecular weight is 615 g/mol. The van der Waals surface area contributed by atoms with Crippen LogP contribution in [0.3, 0.4) is 0 Å². The molecule has 1 N–H and O–H groups in total. The maximum Gasteiger partial charge on any atom is 0.306 e. The highest BCUT2D eigenvalue weighted by Gasteiger charge is 2.16. The first-order valence-corrected chi connectivity index (χ1v) is 17.8. The molecule has 0 radical (unpaired) electrons. The highest BCUT2D eigenvalue weighted by molar-refractivity contribution is 5.70. The second-order valence-corrected chi connectivity index (χ2v) is 11.6. The zero-order valence-corrected chi connectivity index (χ0v) is 28.4. The molecule has 0 amide bonds. The van der Waals surface area contributed by atoms with Gasteiger partial charge in [0.15, 0.2) is 6.10 Å². The molecule has 0 spiro atoms. The highest BCUT2D eigenvalue weighted by Crippen LogP contribution is 2.10. The van der Waals surface area contributed by atoms with Crippen molar-refractivity contribution in [1.82, 2.24) is 0 Å². The summed E-state index contributed by atoms with van der Waals surface area (Å²) in [4.78, 5) is 24.1. The van der Waals surface area contributed by atoms with Crippen LogP contribution in [0.4, 0.5) is 0 Å². The van der Waals surface area contributed by atoms with Crippen molar-refractivity contribution in [2.75, 3.05) is 13.2 Å². The van der Waals surface area contributed by atoms with Crippen LogP contribution in [0.2, 0.25) is 0 Å². The Morgan fingerprint density at radius 1 is 0.523 bits per heavy atom. The lowest BCUT2D eigenvalue weighted by Crippen LogP contribution is -2.28. The molecule has 0 fully saturated rings. The molecule has 0 saturated heterocycles. The minimum absolute atomic E-state index is 0.0882. The zero-order valence-electron chi connectivity index (χ0n) is 28.4. The SMILES string of the molecule is CCCC/C=C/CCCCCCCC(=O)O[C@@H](CO)COC(=O)CCCCC/C=C/C/C=C/C/C=C/C/C=C/CCCCC. The minimum atomic E-state index is -0.789. The molecule has 1 atom stereocenters. The van der Waals surface area contributed by atoms with Crippen LogP contribution < -0.4 is 0 Å². The van der Waals surface area contributed by atoms with Crippen molar-refractivity contribution in [3.8, 4) is 0 Å². The number of aliphatic hydroxyl groups excluding tert-OH is 1. The monoisotopic (exact) mass is 614 g/mol. The lowest BCUT2D eigenvalue weighted by atomic mass is 10.1. The Kier molecular flexibility index (Phi) is 33.2. The molecule has 0 aromatic carbocycles. The van der Waals surface area contributed by atoms with Crippen molar-refractivity contribution in [2.45, 2.75) is 161 Å². The van der Waals surface area contributed by atoms with Crippen LogP contribution in [-0.2, 0) is 19.1 Å². The lowest BCUT2D eigenvalue weighted by Gasteiger charge is -2.15. The van der Waals surface area contributed by atoms with Crippen LogP contribution in [0.5, 0.6) is 0 Å². The number of carbonyl (C=O) groups is 2. The Morgan fingerprint density at radius 2 is 0.932 bits per heavy atom. The summed E-state index contributed by atoms with van der Waals surface area (Å²) in [6.45, 7) is 4.01. The zero-order chi connectivity index (χ0) is 32.2. The van der Waals surface area contributed by atoms with Crippen LogP contribution in [-0.4, -0.2) is 36.4 Å². The molecule has 0 bridgehead atoms. The number of hydrogen-bond donors (Lipinski definition) is 1. The standard InChI is InChI=1S/C39H66O5/c1-3-5-7-9-11-13-15-16-17-18-19-20-21-22-24-25-27-29-31-33-38(41)43-36-37(35-40)44-39(42)34-32-30-28-26-23-14-12-10-8-6-4-2/h10-13,16-17,19-20,22,24,37,40H,3-9,14-15,18,21,23,25-36H2,1-2H3/b12-10+,13-11+,17-16+,20-19+,24-22+/t37-/m0/s1. The Hall–Kier alpha value is -2.40. The van der Waals surface area contributed by atoms with Gasteiger partial charge in [0.1, 0.15) is 6.61 Å². The van der Waals surface area contributed by atoms with E-state index >= 15 is 0 Å². The summed E-state index contributed by atoms with van der Waals surface area (Å²) < 4.78 is 10.5. The third-order valence-corrected chi connectivity index (χ3v) is 7.28. The summed E-state index contributed by atoms with van der Waals surface area (Å²) in [6, 6.07) is 0. The van der Waals surface area contributed by atoms with Gasteiger partial charge in [-0.25, -0.2) is 0 Å².